The first kappa shape index (κ1) is 17.7. The van der Waals surface area contributed by atoms with Gasteiger partial charge in [0.25, 0.3) is 11.8 Å². The maximum absolute atomic E-state index is 13.1. The Bertz CT molecular complexity index is 895. The number of rotatable bonds is 2. The molecular weight excluding hydrogens is 364 g/mol. The van der Waals surface area contributed by atoms with Crippen molar-refractivity contribution in [2.75, 3.05) is 0 Å². The number of carbonyl (C=O) groups is 3. The Morgan fingerprint density at radius 1 is 0.889 bits per heavy atom. The second-order valence-corrected chi connectivity index (χ2v) is 7.67. The molecule has 3 unspecified atom stereocenters. The van der Waals surface area contributed by atoms with Crippen LogP contribution >= 0.6 is 11.6 Å². The molecule has 6 heteroatoms. The average molecular weight is 383 g/mol. The summed E-state index contributed by atoms with van der Waals surface area (Å²) in [4.78, 5) is 39.1. The summed E-state index contributed by atoms with van der Waals surface area (Å²) in [5.74, 6) is -2.30. The summed E-state index contributed by atoms with van der Waals surface area (Å²) in [7, 11) is 0. The highest BCUT2D eigenvalue weighted by Crippen LogP contribution is 2.57. The van der Waals surface area contributed by atoms with Crippen molar-refractivity contribution >= 4 is 29.2 Å². The van der Waals surface area contributed by atoms with Gasteiger partial charge in [0.05, 0.1) is 0 Å². The monoisotopic (exact) mass is 382 g/mol. The average Bonchev–Trinajstić information content (AvgIpc) is 2.96. The molecule has 5 nitrogen and oxygen atoms in total. The van der Waals surface area contributed by atoms with Crippen LogP contribution in [0.1, 0.15) is 36.3 Å². The summed E-state index contributed by atoms with van der Waals surface area (Å²) in [5.41, 5.74) is 5.18. The van der Waals surface area contributed by atoms with Gasteiger partial charge in [-0.3, -0.25) is 25.2 Å². The van der Waals surface area contributed by atoms with Crippen LogP contribution in [0.4, 0.5) is 0 Å². The standard InChI is InChI=1S/C21H19ClN2O3/c1-12-17(25)11-16(13-7-9-15(22)10-8-13)21(19(26)23-24-20(21)27)18(12)14-5-3-2-4-6-14/h2-10,12,16,18H,11H2,1H3,(H,23,26)(H,24,27). The number of halogens is 1. The van der Waals surface area contributed by atoms with Gasteiger partial charge in [-0.15, -0.1) is 0 Å². The van der Waals surface area contributed by atoms with E-state index in [-0.39, 0.29) is 24.0 Å². The van der Waals surface area contributed by atoms with E-state index in [1.165, 1.54) is 0 Å². The van der Waals surface area contributed by atoms with Crippen LogP contribution in [0.2, 0.25) is 5.02 Å². The lowest BCUT2D eigenvalue weighted by Gasteiger charge is -2.46. The minimum atomic E-state index is -1.39. The number of benzene rings is 2. The summed E-state index contributed by atoms with van der Waals surface area (Å²) in [6, 6.07) is 16.4. The molecule has 2 fully saturated rings. The number of carbonyl (C=O) groups excluding carboxylic acids is 3. The maximum Gasteiger partial charge on any atom is 0.255 e. The molecule has 1 saturated carbocycles. The Kier molecular flexibility index (Phi) is 4.27. The molecule has 1 heterocycles. The number of nitrogens with one attached hydrogen (secondary N) is 2. The molecule has 3 atom stereocenters. The topological polar surface area (TPSA) is 75.3 Å². The predicted octanol–water partition coefficient (Wildman–Crippen LogP) is 2.96. The van der Waals surface area contributed by atoms with Gasteiger partial charge in [0, 0.05) is 29.2 Å². The van der Waals surface area contributed by atoms with E-state index >= 15 is 0 Å². The molecule has 2 aromatic carbocycles. The summed E-state index contributed by atoms with van der Waals surface area (Å²) < 4.78 is 0. The van der Waals surface area contributed by atoms with E-state index in [0.29, 0.717) is 5.02 Å². The molecule has 0 aromatic heterocycles. The van der Waals surface area contributed by atoms with E-state index in [1.54, 1.807) is 31.2 Å². The molecule has 27 heavy (non-hydrogen) atoms. The van der Waals surface area contributed by atoms with Gasteiger partial charge in [0.1, 0.15) is 11.2 Å². The molecule has 0 bridgehead atoms. The number of ketones is 1. The lowest BCUT2D eigenvalue weighted by molar-refractivity contribution is -0.146. The summed E-state index contributed by atoms with van der Waals surface area (Å²) in [5, 5.41) is 0.559. The number of hydrogen-bond donors (Lipinski definition) is 2. The molecule has 2 amide bonds. The third kappa shape index (κ3) is 2.57. The Morgan fingerprint density at radius 2 is 1.48 bits per heavy atom. The van der Waals surface area contributed by atoms with Gasteiger partial charge in [0.15, 0.2) is 0 Å². The first-order valence-corrected chi connectivity index (χ1v) is 9.28. The third-order valence-corrected chi connectivity index (χ3v) is 6.18. The molecule has 1 spiro atoms. The zero-order valence-electron chi connectivity index (χ0n) is 14.7. The van der Waals surface area contributed by atoms with Crippen molar-refractivity contribution in [2.24, 2.45) is 11.3 Å². The molecule has 0 radical (unpaired) electrons. The lowest BCUT2D eigenvalue weighted by Crippen LogP contribution is -2.53. The highest BCUT2D eigenvalue weighted by molar-refractivity contribution is 6.30. The summed E-state index contributed by atoms with van der Waals surface area (Å²) in [6.07, 6.45) is 0.132. The van der Waals surface area contributed by atoms with Crippen LogP contribution in [-0.2, 0) is 14.4 Å². The first-order chi connectivity index (χ1) is 13.0. The molecule has 2 aromatic rings. The van der Waals surface area contributed by atoms with Gasteiger partial charge >= 0.3 is 0 Å². The van der Waals surface area contributed by atoms with E-state index < -0.39 is 23.2 Å². The van der Waals surface area contributed by atoms with E-state index in [0.717, 1.165) is 11.1 Å². The molecule has 1 saturated heterocycles. The van der Waals surface area contributed by atoms with Crippen LogP contribution in [0.25, 0.3) is 0 Å². The molecule has 2 N–H and O–H groups in total. The SMILES string of the molecule is CC1C(=O)CC(c2ccc(Cl)cc2)C2(C(=O)NNC2=O)C1c1ccccc1. The van der Waals surface area contributed by atoms with Crippen molar-refractivity contribution in [3.8, 4) is 0 Å². The highest BCUT2D eigenvalue weighted by Gasteiger charge is 2.65. The van der Waals surface area contributed by atoms with Crippen molar-refractivity contribution in [1.29, 1.82) is 0 Å². The van der Waals surface area contributed by atoms with Gasteiger partial charge in [0.2, 0.25) is 0 Å². The molecule has 138 valence electrons. The fraction of sp³-hybridized carbons (Fsp3) is 0.286. The van der Waals surface area contributed by atoms with Crippen LogP contribution in [0.3, 0.4) is 0 Å². The normalized spacial score (nSPS) is 26.7. The van der Waals surface area contributed by atoms with Gasteiger partial charge < -0.3 is 0 Å². The smallest absolute Gasteiger partial charge is 0.255 e. The molecule has 4 rings (SSSR count). The van der Waals surface area contributed by atoms with E-state index in [2.05, 4.69) is 10.9 Å². The molecular formula is C21H19ClN2O3. The van der Waals surface area contributed by atoms with Crippen molar-refractivity contribution in [3.63, 3.8) is 0 Å². The van der Waals surface area contributed by atoms with Gasteiger partial charge in [-0.1, -0.05) is 61.0 Å². The summed E-state index contributed by atoms with van der Waals surface area (Å²) in [6.45, 7) is 1.80. The maximum atomic E-state index is 13.1. The highest BCUT2D eigenvalue weighted by atomic mass is 35.5. The van der Waals surface area contributed by atoms with Crippen molar-refractivity contribution < 1.29 is 14.4 Å². The zero-order chi connectivity index (χ0) is 19.2. The number of Topliss-reactive ketones (excluding diaryl/α,β-unsaturated/α-hetero) is 1. The quantitative estimate of drug-likeness (QED) is 0.784. The Labute approximate surface area is 162 Å². The fourth-order valence-corrected chi connectivity index (χ4v) is 4.78. The number of hydrogen-bond acceptors (Lipinski definition) is 3. The van der Waals surface area contributed by atoms with Crippen LogP contribution in [-0.4, -0.2) is 17.6 Å². The van der Waals surface area contributed by atoms with E-state index in [9.17, 15) is 14.4 Å². The largest absolute Gasteiger partial charge is 0.299 e. The van der Waals surface area contributed by atoms with Crippen LogP contribution in [0.5, 0.6) is 0 Å². The zero-order valence-corrected chi connectivity index (χ0v) is 15.5. The van der Waals surface area contributed by atoms with Crippen molar-refractivity contribution in [1.82, 2.24) is 10.9 Å². The van der Waals surface area contributed by atoms with E-state index in [1.807, 2.05) is 30.3 Å². The second-order valence-electron chi connectivity index (χ2n) is 7.23. The van der Waals surface area contributed by atoms with Crippen molar-refractivity contribution in [2.45, 2.75) is 25.2 Å². The molecule has 1 aliphatic heterocycles. The van der Waals surface area contributed by atoms with Crippen molar-refractivity contribution in [3.05, 3.63) is 70.7 Å². The van der Waals surface area contributed by atoms with Crippen LogP contribution in [0.15, 0.2) is 54.6 Å². The minimum Gasteiger partial charge on any atom is -0.299 e. The van der Waals surface area contributed by atoms with Gasteiger partial charge in [-0.2, -0.15) is 0 Å². The fourth-order valence-electron chi connectivity index (χ4n) is 4.66. The predicted molar refractivity (Wildman–Crippen MR) is 101 cm³/mol. The molecule has 1 aliphatic carbocycles. The lowest BCUT2D eigenvalue weighted by atomic mass is 9.52. The second kappa shape index (κ2) is 6.50. The van der Waals surface area contributed by atoms with Gasteiger partial charge in [-0.25, -0.2) is 0 Å². The Balaban J connectivity index is 1.96. The molecule has 2 aliphatic rings. The Hall–Kier alpha value is -2.66. The number of amides is 2. The van der Waals surface area contributed by atoms with Crippen LogP contribution < -0.4 is 10.9 Å². The first-order valence-electron chi connectivity index (χ1n) is 8.90. The van der Waals surface area contributed by atoms with Gasteiger partial charge in [-0.05, 0) is 23.3 Å². The van der Waals surface area contributed by atoms with Crippen LogP contribution in [0, 0.1) is 11.3 Å². The minimum absolute atomic E-state index is 0.0435. The number of hydrazine groups is 1. The third-order valence-electron chi connectivity index (χ3n) is 5.93. The van der Waals surface area contributed by atoms with E-state index in [4.69, 9.17) is 11.6 Å². The summed E-state index contributed by atoms with van der Waals surface area (Å²) >= 11 is 6.01. The Morgan fingerprint density at radius 3 is 2.07 bits per heavy atom.